The van der Waals surface area contributed by atoms with Crippen LogP contribution in [0.2, 0.25) is 0 Å². The van der Waals surface area contributed by atoms with Gasteiger partial charge in [-0.2, -0.15) is 4.98 Å². The summed E-state index contributed by atoms with van der Waals surface area (Å²) in [6.07, 6.45) is 1.51. The number of aromatic nitrogens is 3. The molecule has 0 saturated heterocycles. The minimum atomic E-state index is -0.304. The van der Waals surface area contributed by atoms with Gasteiger partial charge in [-0.1, -0.05) is 42.1 Å². The normalized spacial score (nSPS) is 15.4. The molecule has 1 unspecified atom stereocenters. The maximum Gasteiger partial charge on any atom is 0.247 e. The summed E-state index contributed by atoms with van der Waals surface area (Å²) in [4.78, 5) is 5.63. The van der Waals surface area contributed by atoms with Crippen LogP contribution in [0.25, 0.3) is 11.3 Å². The predicted molar refractivity (Wildman–Crippen MR) is 97.5 cm³/mol. The number of hydrogen-bond acceptors (Lipinski definition) is 7. The topological polar surface area (TPSA) is 59.9 Å². The number of benzene rings is 1. The van der Waals surface area contributed by atoms with Crippen LogP contribution in [0, 0.1) is 0 Å². The first-order valence-corrected chi connectivity index (χ1v) is 9.26. The van der Waals surface area contributed by atoms with Crippen LogP contribution in [0.15, 0.2) is 59.6 Å². The predicted octanol–water partition coefficient (Wildman–Crippen LogP) is 4.38. The quantitative estimate of drug-likeness (QED) is 0.554. The number of para-hydroxylation sites is 1. The van der Waals surface area contributed by atoms with E-state index in [4.69, 9.17) is 4.74 Å². The van der Waals surface area contributed by atoms with E-state index in [2.05, 4.69) is 27.1 Å². The number of hydrogen-bond donors (Lipinski definition) is 1. The molecule has 120 valence electrons. The maximum absolute atomic E-state index is 6.15. The second kappa shape index (κ2) is 6.62. The molecular formula is C17H14N4OS2. The second-order valence-corrected chi connectivity index (χ2v) is 7.02. The van der Waals surface area contributed by atoms with E-state index < -0.39 is 0 Å². The lowest BCUT2D eigenvalue weighted by Gasteiger charge is -2.17. The van der Waals surface area contributed by atoms with E-state index >= 15 is 0 Å². The summed E-state index contributed by atoms with van der Waals surface area (Å²) in [6.45, 7) is 3.72. The monoisotopic (exact) mass is 354 g/mol. The fraction of sp³-hybridized carbons (Fsp3) is 0.118. The highest BCUT2D eigenvalue weighted by atomic mass is 32.2. The average Bonchev–Trinajstić information content (AvgIpc) is 3.09. The van der Waals surface area contributed by atoms with Gasteiger partial charge < -0.3 is 10.1 Å². The van der Waals surface area contributed by atoms with Gasteiger partial charge in [-0.25, -0.2) is 0 Å². The molecule has 24 heavy (non-hydrogen) atoms. The highest BCUT2D eigenvalue weighted by Gasteiger charge is 2.26. The lowest BCUT2D eigenvalue weighted by molar-refractivity contribution is 0.229. The van der Waals surface area contributed by atoms with E-state index in [-0.39, 0.29) is 6.23 Å². The molecule has 0 bridgehead atoms. The highest BCUT2D eigenvalue weighted by Crippen LogP contribution is 2.40. The summed E-state index contributed by atoms with van der Waals surface area (Å²) < 4.78 is 6.15. The third kappa shape index (κ3) is 2.88. The lowest BCUT2D eigenvalue weighted by Crippen LogP contribution is -2.15. The molecule has 0 spiro atoms. The van der Waals surface area contributed by atoms with E-state index in [0.717, 1.165) is 21.9 Å². The van der Waals surface area contributed by atoms with Crippen molar-refractivity contribution >= 4 is 28.8 Å². The van der Waals surface area contributed by atoms with Crippen molar-refractivity contribution in [2.75, 3.05) is 11.1 Å². The minimum absolute atomic E-state index is 0.304. The molecule has 0 aliphatic carbocycles. The van der Waals surface area contributed by atoms with Gasteiger partial charge >= 0.3 is 0 Å². The number of ether oxygens (including phenoxy) is 1. The molecule has 0 saturated carbocycles. The van der Waals surface area contributed by atoms with Crippen LogP contribution >= 0.6 is 23.1 Å². The molecule has 5 nitrogen and oxygen atoms in total. The molecule has 2 aromatic heterocycles. The van der Waals surface area contributed by atoms with E-state index in [9.17, 15) is 0 Å². The van der Waals surface area contributed by atoms with Gasteiger partial charge in [-0.05, 0) is 17.5 Å². The Hall–Kier alpha value is -2.38. The van der Waals surface area contributed by atoms with Gasteiger partial charge in [0.25, 0.3) is 0 Å². The van der Waals surface area contributed by atoms with Crippen LogP contribution in [0.5, 0.6) is 5.88 Å². The Kier molecular flexibility index (Phi) is 4.18. The number of anilines is 1. The number of nitrogens with zero attached hydrogens (tertiary/aromatic N) is 3. The van der Waals surface area contributed by atoms with E-state index in [1.165, 1.54) is 11.8 Å². The van der Waals surface area contributed by atoms with Crippen LogP contribution in [-0.4, -0.2) is 20.9 Å². The Bertz CT molecular complexity index is 867. The zero-order chi connectivity index (χ0) is 16.4. The molecule has 1 N–H and O–H groups in total. The van der Waals surface area contributed by atoms with Crippen LogP contribution in [0.4, 0.5) is 5.69 Å². The van der Waals surface area contributed by atoms with Crippen LogP contribution in [0.1, 0.15) is 11.1 Å². The van der Waals surface area contributed by atoms with Gasteiger partial charge in [0.2, 0.25) is 17.3 Å². The zero-order valence-electron chi connectivity index (χ0n) is 12.7. The molecule has 1 atom stereocenters. The molecule has 1 aliphatic heterocycles. The maximum atomic E-state index is 6.15. The summed E-state index contributed by atoms with van der Waals surface area (Å²) in [5.41, 5.74) is 2.55. The molecule has 0 fully saturated rings. The van der Waals surface area contributed by atoms with Crippen molar-refractivity contribution in [1.29, 1.82) is 0 Å². The number of rotatable bonds is 4. The van der Waals surface area contributed by atoms with Crippen LogP contribution in [-0.2, 0) is 0 Å². The third-order valence-electron chi connectivity index (χ3n) is 3.47. The summed E-state index contributed by atoms with van der Waals surface area (Å²) in [6, 6.07) is 12.0. The Morgan fingerprint density at radius 3 is 3.00 bits per heavy atom. The van der Waals surface area contributed by atoms with Crippen molar-refractivity contribution in [3.63, 3.8) is 0 Å². The fourth-order valence-electron chi connectivity index (χ4n) is 2.41. The van der Waals surface area contributed by atoms with Gasteiger partial charge in [0.1, 0.15) is 0 Å². The Morgan fingerprint density at radius 1 is 1.25 bits per heavy atom. The molecule has 1 aromatic carbocycles. The SMILES string of the molecule is C=CCSc1nnc2c(n1)OC(c1cccs1)Nc1ccccc1-2. The number of thioether (sulfide) groups is 1. The van der Waals surface area contributed by atoms with Crippen molar-refractivity contribution in [2.45, 2.75) is 11.4 Å². The number of nitrogens with one attached hydrogen (secondary N) is 1. The van der Waals surface area contributed by atoms with E-state index in [1.807, 2.05) is 47.9 Å². The smallest absolute Gasteiger partial charge is 0.247 e. The molecule has 1 aliphatic rings. The third-order valence-corrected chi connectivity index (χ3v) is 5.21. The summed E-state index contributed by atoms with van der Waals surface area (Å²) in [5, 5.41) is 14.6. The molecular weight excluding hydrogens is 340 g/mol. The number of thiophene rings is 1. The van der Waals surface area contributed by atoms with Crippen molar-refractivity contribution < 1.29 is 4.74 Å². The number of fused-ring (bicyclic) bond motifs is 3. The first-order valence-electron chi connectivity index (χ1n) is 7.39. The van der Waals surface area contributed by atoms with E-state index in [1.54, 1.807) is 11.3 Å². The van der Waals surface area contributed by atoms with Crippen LogP contribution in [0.3, 0.4) is 0 Å². The van der Waals surface area contributed by atoms with E-state index in [0.29, 0.717) is 16.7 Å². The van der Waals surface area contributed by atoms with Gasteiger partial charge in [0.05, 0.1) is 4.88 Å². The summed E-state index contributed by atoms with van der Waals surface area (Å²) >= 11 is 3.12. The molecule has 0 amide bonds. The second-order valence-electron chi connectivity index (χ2n) is 5.05. The molecule has 3 heterocycles. The molecule has 7 heteroatoms. The van der Waals surface area contributed by atoms with Crippen molar-refractivity contribution in [2.24, 2.45) is 0 Å². The Morgan fingerprint density at radius 2 is 2.17 bits per heavy atom. The standard InChI is InChI=1S/C17H14N4OS2/c1-2-9-24-17-19-16-14(20-21-17)11-6-3-4-7-12(11)18-15(22-16)13-8-5-10-23-13/h2-8,10,15,18H,1,9H2. The zero-order valence-corrected chi connectivity index (χ0v) is 14.3. The van der Waals surface area contributed by atoms with Crippen molar-refractivity contribution in [3.8, 4) is 17.1 Å². The van der Waals surface area contributed by atoms with Gasteiger partial charge in [-0.15, -0.1) is 28.1 Å². The van der Waals surface area contributed by atoms with Gasteiger partial charge in [-0.3, -0.25) is 0 Å². The Balaban J connectivity index is 1.80. The average molecular weight is 354 g/mol. The van der Waals surface area contributed by atoms with Gasteiger partial charge in [0.15, 0.2) is 5.69 Å². The fourth-order valence-corrected chi connectivity index (χ4v) is 3.63. The van der Waals surface area contributed by atoms with Gasteiger partial charge in [0, 0.05) is 17.0 Å². The largest absolute Gasteiger partial charge is 0.447 e. The lowest BCUT2D eigenvalue weighted by atomic mass is 10.1. The van der Waals surface area contributed by atoms with Crippen molar-refractivity contribution in [3.05, 3.63) is 59.3 Å². The van der Waals surface area contributed by atoms with Crippen LogP contribution < -0.4 is 10.1 Å². The highest BCUT2D eigenvalue weighted by molar-refractivity contribution is 7.99. The molecule has 4 rings (SSSR count). The molecule has 3 aromatic rings. The van der Waals surface area contributed by atoms with Crippen molar-refractivity contribution in [1.82, 2.24) is 15.2 Å². The summed E-state index contributed by atoms with van der Waals surface area (Å²) in [5.74, 6) is 1.22. The minimum Gasteiger partial charge on any atom is -0.447 e. The first kappa shape index (κ1) is 15.2. The summed E-state index contributed by atoms with van der Waals surface area (Å²) in [7, 11) is 0. The Labute approximate surface area is 147 Å². The first-order chi connectivity index (χ1) is 11.8. The molecule has 0 radical (unpaired) electrons.